The fourth-order valence-electron chi connectivity index (χ4n) is 2.26. The monoisotopic (exact) mass is 281 g/mol. The zero-order valence-electron chi connectivity index (χ0n) is 11.6. The fourth-order valence-corrected chi connectivity index (χ4v) is 2.26. The number of nitrogens with one attached hydrogen (secondary N) is 1. The third kappa shape index (κ3) is 2.60. The molecule has 0 fully saturated rings. The lowest BCUT2D eigenvalue weighted by atomic mass is 10.1. The summed E-state index contributed by atoms with van der Waals surface area (Å²) in [6.45, 7) is 2.90. The predicted octanol–water partition coefficient (Wildman–Crippen LogP) is 4.23. The molecule has 0 saturated heterocycles. The Morgan fingerprint density at radius 1 is 1.14 bits per heavy atom. The van der Waals surface area contributed by atoms with Crippen molar-refractivity contribution >= 4 is 22.6 Å². The van der Waals surface area contributed by atoms with E-state index >= 15 is 0 Å². The zero-order chi connectivity index (χ0) is 14.8. The largest absolute Gasteiger partial charge is 0.478 e. The maximum absolute atomic E-state index is 10.9. The molecule has 1 aromatic heterocycles. The summed E-state index contributed by atoms with van der Waals surface area (Å²) in [6.07, 6.45) is 0. The van der Waals surface area contributed by atoms with Gasteiger partial charge < -0.3 is 14.8 Å². The number of anilines is 1. The Labute approximate surface area is 122 Å². The highest BCUT2D eigenvalue weighted by Gasteiger charge is 2.08. The second-order valence-corrected chi connectivity index (χ2v) is 4.78. The van der Waals surface area contributed by atoms with Crippen LogP contribution in [0.4, 0.5) is 5.69 Å². The molecule has 0 saturated carbocycles. The molecule has 2 N–H and O–H groups in total. The number of hydrogen-bond donors (Lipinski definition) is 2. The van der Waals surface area contributed by atoms with E-state index in [0.717, 1.165) is 34.5 Å². The minimum absolute atomic E-state index is 0.268. The molecular weight excluding hydrogens is 266 g/mol. The highest BCUT2D eigenvalue weighted by molar-refractivity contribution is 5.89. The van der Waals surface area contributed by atoms with Gasteiger partial charge in [-0.1, -0.05) is 12.1 Å². The van der Waals surface area contributed by atoms with Gasteiger partial charge in [0, 0.05) is 29.2 Å². The van der Waals surface area contributed by atoms with E-state index in [1.165, 1.54) is 0 Å². The van der Waals surface area contributed by atoms with Crippen molar-refractivity contribution in [2.75, 3.05) is 11.9 Å². The van der Waals surface area contributed by atoms with Gasteiger partial charge in [0.15, 0.2) is 0 Å². The lowest BCUT2D eigenvalue weighted by molar-refractivity contribution is 0.0697. The van der Waals surface area contributed by atoms with E-state index in [9.17, 15) is 4.79 Å². The topological polar surface area (TPSA) is 62.5 Å². The highest BCUT2D eigenvalue weighted by Crippen LogP contribution is 2.29. The van der Waals surface area contributed by atoms with Gasteiger partial charge in [-0.2, -0.15) is 0 Å². The van der Waals surface area contributed by atoms with Crippen molar-refractivity contribution in [2.45, 2.75) is 6.92 Å². The highest BCUT2D eigenvalue weighted by atomic mass is 16.4. The number of carboxylic acid groups (broad SMARTS) is 1. The standard InChI is InChI=1S/C17H15NO3/c1-2-18-14-8-7-13-9-15(21-16(13)10-14)11-3-5-12(6-4-11)17(19)20/h3-10,18H,2H2,1H3,(H,19,20). The molecule has 4 heteroatoms. The summed E-state index contributed by atoms with van der Waals surface area (Å²) in [5.41, 5.74) is 2.96. The molecule has 0 bridgehead atoms. The number of benzene rings is 2. The normalized spacial score (nSPS) is 10.7. The van der Waals surface area contributed by atoms with Crippen LogP contribution in [0.1, 0.15) is 17.3 Å². The first kappa shape index (κ1) is 13.2. The lowest BCUT2D eigenvalue weighted by Gasteiger charge is -2.01. The average Bonchev–Trinajstić information content (AvgIpc) is 2.91. The molecular formula is C17H15NO3. The van der Waals surface area contributed by atoms with Crippen LogP contribution in [0.5, 0.6) is 0 Å². The molecule has 0 unspecified atom stereocenters. The van der Waals surface area contributed by atoms with Crippen LogP contribution in [0.15, 0.2) is 52.9 Å². The number of carbonyl (C=O) groups is 1. The van der Waals surface area contributed by atoms with Gasteiger partial charge >= 0.3 is 5.97 Å². The average molecular weight is 281 g/mol. The number of furan rings is 1. The predicted molar refractivity (Wildman–Crippen MR) is 82.8 cm³/mol. The lowest BCUT2D eigenvalue weighted by Crippen LogP contribution is -1.95. The van der Waals surface area contributed by atoms with E-state index in [0.29, 0.717) is 0 Å². The van der Waals surface area contributed by atoms with Gasteiger partial charge in [0.25, 0.3) is 0 Å². The summed E-state index contributed by atoms with van der Waals surface area (Å²) >= 11 is 0. The maximum Gasteiger partial charge on any atom is 0.335 e. The van der Waals surface area contributed by atoms with Crippen LogP contribution >= 0.6 is 0 Å². The molecule has 3 aromatic rings. The molecule has 0 radical (unpaired) electrons. The van der Waals surface area contributed by atoms with Gasteiger partial charge in [0.2, 0.25) is 0 Å². The van der Waals surface area contributed by atoms with E-state index < -0.39 is 5.97 Å². The molecule has 4 nitrogen and oxygen atoms in total. The number of rotatable bonds is 4. The molecule has 0 spiro atoms. The summed E-state index contributed by atoms with van der Waals surface area (Å²) < 4.78 is 5.85. The van der Waals surface area contributed by atoms with E-state index in [4.69, 9.17) is 9.52 Å². The molecule has 0 amide bonds. The van der Waals surface area contributed by atoms with Gasteiger partial charge in [-0.25, -0.2) is 4.79 Å². The quantitative estimate of drug-likeness (QED) is 0.751. The summed E-state index contributed by atoms with van der Waals surface area (Å²) in [5.74, 6) is -0.197. The maximum atomic E-state index is 10.9. The van der Waals surface area contributed by atoms with Crippen molar-refractivity contribution in [1.82, 2.24) is 0 Å². The zero-order valence-corrected chi connectivity index (χ0v) is 11.6. The Hall–Kier alpha value is -2.75. The minimum atomic E-state index is -0.929. The van der Waals surface area contributed by atoms with E-state index in [1.54, 1.807) is 24.3 Å². The minimum Gasteiger partial charge on any atom is -0.478 e. The third-order valence-electron chi connectivity index (χ3n) is 3.32. The Morgan fingerprint density at radius 2 is 1.90 bits per heavy atom. The number of carboxylic acids is 1. The van der Waals surface area contributed by atoms with Crippen LogP contribution < -0.4 is 5.32 Å². The molecule has 1 heterocycles. The Bertz CT molecular complexity index is 787. The first-order chi connectivity index (χ1) is 10.2. The number of aromatic carboxylic acids is 1. The summed E-state index contributed by atoms with van der Waals surface area (Å²) in [7, 11) is 0. The van der Waals surface area contributed by atoms with Gasteiger partial charge in [-0.3, -0.25) is 0 Å². The molecule has 0 aliphatic rings. The van der Waals surface area contributed by atoms with Crippen molar-refractivity contribution in [3.8, 4) is 11.3 Å². The van der Waals surface area contributed by atoms with Gasteiger partial charge in [0.1, 0.15) is 11.3 Å². The van der Waals surface area contributed by atoms with Crippen molar-refractivity contribution in [3.63, 3.8) is 0 Å². The molecule has 3 rings (SSSR count). The first-order valence-corrected chi connectivity index (χ1v) is 6.78. The fraction of sp³-hybridized carbons (Fsp3) is 0.118. The van der Waals surface area contributed by atoms with Crippen molar-refractivity contribution in [3.05, 3.63) is 54.1 Å². The Balaban J connectivity index is 1.98. The molecule has 2 aromatic carbocycles. The number of hydrogen-bond acceptors (Lipinski definition) is 3. The van der Waals surface area contributed by atoms with Crippen molar-refractivity contribution < 1.29 is 14.3 Å². The van der Waals surface area contributed by atoms with E-state index in [-0.39, 0.29) is 5.56 Å². The Morgan fingerprint density at radius 3 is 2.57 bits per heavy atom. The van der Waals surface area contributed by atoms with Crippen LogP contribution in [0, 0.1) is 0 Å². The second-order valence-electron chi connectivity index (χ2n) is 4.78. The second kappa shape index (κ2) is 5.32. The first-order valence-electron chi connectivity index (χ1n) is 6.78. The Kier molecular flexibility index (Phi) is 3.36. The van der Waals surface area contributed by atoms with Crippen LogP contribution in [0.2, 0.25) is 0 Å². The SMILES string of the molecule is CCNc1ccc2cc(-c3ccc(C(=O)O)cc3)oc2c1. The molecule has 21 heavy (non-hydrogen) atoms. The van der Waals surface area contributed by atoms with Crippen LogP contribution in [-0.2, 0) is 0 Å². The molecule has 0 aliphatic heterocycles. The summed E-state index contributed by atoms with van der Waals surface area (Å²) in [6, 6.07) is 14.6. The number of fused-ring (bicyclic) bond motifs is 1. The van der Waals surface area contributed by atoms with Crippen LogP contribution in [0.25, 0.3) is 22.3 Å². The van der Waals surface area contributed by atoms with Crippen LogP contribution in [-0.4, -0.2) is 17.6 Å². The van der Waals surface area contributed by atoms with Crippen LogP contribution in [0.3, 0.4) is 0 Å². The van der Waals surface area contributed by atoms with E-state index in [1.807, 2.05) is 31.2 Å². The summed E-state index contributed by atoms with van der Waals surface area (Å²) in [4.78, 5) is 10.9. The smallest absolute Gasteiger partial charge is 0.335 e. The van der Waals surface area contributed by atoms with Gasteiger partial charge in [0.05, 0.1) is 5.56 Å². The molecule has 106 valence electrons. The van der Waals surface area contributed by atoms with Gasteiger partial charge in [-0.15, -0.1) is 0 Å². The van der Waals surface area contributed by atoms with E-state index in [2.05, 4.69) is 5.32 Å². The van der Waals surface area contributed by atoms with Crippen molar-refractivity contribution in [2.24, 2.45) is 0 Å². The molecule has 0 aliphatic carbocycles. The molecule has 0 atom stereocenters. The summed E-state index contributed by atoms with van der Waals surface area (Å²) in [5, 5.41) is 13.2. The van der Waals surface area contributed by atoms with Gasteiger partial charge in [-0.05, 0) is 37.3 Å². The third-order valence-corrected chi connectivity index (χ3v) is 3.32. The van der Waals surface area contributed by atoms with Crippen molar-refractivity contribution in [1.29, 1.82) is 0 Å².